The van der Waals surface area contributed by atoms with Gasteiger partial charge in [0.05, 0.1) is 51.6 Å². The minimum absolute atomic E-state index is 0.0200. The number of rotatable bonds is 18. The van der Waals surface area contributed by atoms with Crippen LogP contribution >= 0.6 is 11.3 Å². The largest absolute Gasteiger partial charge is 0.508 e. The summed E-state index contributed by atoms with van der Waals surface area (Å²) in [6.07, 6.45) is 12.5. The normalized spacial score (nSPS) is 21.2. The number of amides is 2. The third kappa shape index (κ3) is 13.2. The number of piperazine rings is 2. The number of benzene rings is 3. The number of phenols is 1. The number of piperidine rings is 1. The van der Waals surface area contributed by atoms with Gasteiger partial charge < -0.3 is 40.3 Å². The number of hydrogen-bond donors (Lipinski definition) is 4. The Morgan fingerprint density at radius 1 is 0.911 bits per heavy atom. The van der Waals surface area contributed by atoms with Crippen LogP contribution in [0.5, 0.6) is 11.8 Å². The SMILES string of the molecule is C#Cc1c(F)ccc2cc(O)cc(-c3ncc4c(N5CC6CCC(C5)N6)nc(OCCN5CCC(F)(CN6CCN(c7cnc(C(=O)CC[C@H](C(=O)N8C[C@H](O)C[C@H]8C(=O)N[C@@H](C)c8ccc(-c9scnc9C)cc8)C(C)(C)C)cn7)CC6)CC5)nc4c3F)c12. The topological polar surface area (TPSA) is 218 Å². The zero-order chi connectivity index (χ0) is 63.2. The summed E-state index contributed by atoms with van der Waals surface area (Å²) >= 11 is 1.57. The number of nitrogens with zero attached hydrogens (tertiary/aromatic N) is 11. The number of nitrogens with one attached hydrogen (secondary N) is 2. The number of ketones is 1. The third-order valence-electron chi connectivity index (χ3n) is 18.8. The van der Waals surface area contributed by atoms with E-state index in [1.165, 1.54) is 41.6 Å². The van der Waals surface area contributed by atoms with Gasteiger partial charge in [0.2, 0.25) is 11.8 Å². The molecular formula is C67H76F3N13O6S. The summed E-state index contributed by atoms with van der Waals surface area (Å²) in [6.45, 7) is 15.3. The highest BCUT2D eigenvalue weighted by Gasteiger charge is 2.45. The molecule has 4 N–H and O–H groups in total. The van der Waals surface area contributed by atoms with Gasteiger partial charge in [-0.25, -0.2) is 28.1 Å². The van der Waals surface area contributed by atoms with Crippen molar-refractivity contribution < 1.29 is 42.5 Å². The maximum Gasteiger partial charge on any atom is 0.319 e. The number of aliphatic hydroxyl groups is 1. The van der Waals surface area contributed by atoms with Gasteiger partial charge in [0.15, 0.2) is 11.6 Å². The van der Waals surface area contributed by atoms with Crippen LogP contribution in [-0.2, 0) is 9.59 Å². The number of ether oxygens (including phenoxy) is 1. The number of aryl methyl sites for hydroxylation is 1. The molecule has 9 heterocycles. The lowest BCUT2D eigenvalue weighted by Crippen LogP contribution is -2.54. The van der Waals surface area contributed by atoms with E-state index >= 15 is 13.2 Å². The molecule has 12 rings (SSSR count). The van der Waals surface area contributed by atoms with E-state index < -0.39 is 40.8 Å². The molecule has 90 heavy (non-hydrogen) atoms. The number of thiazole rings is 1. The molecule has 472 valence electrons. The van der Waals surface area contributed by atoms with E-state index in [0.717, 1.165) is 34.5 Å². The molecule has 5 fully saturated rings. The second-order valence-electron chi connectivity index (χ2n) is 26.0. The van der Waals surface area contributed by atoms with Crippen LogP contribution in [0.1, 0.15) is 106 Å². The Morgan fingerprint density at radius 3 is 2.33 bits per heavy atom. The van der Waals surface area contributed by atoms with E-state index in [1.54, 1.807) is 17.5 Å². The van der Waals surface area contributed by atoms with Crippen LogP contribution in [0.3, 0.4) is 0 Å². The van der Waals surface area contributed by atoms with Crippen LogP contribution in [0.4, 0.5) is 24.8 Å². The van der Waals surface area contributed by atoms with E-state index in [-0.39, 0.29) is 113 Å². The number of carbonyl (C=O) groups excluding carboxylic acids is 3. The number of β-amino-alcohol motifs (C(OH)–C–C–N with tert-alkyl or cyclic N) is 1. The first-order valence-corrected chi connectivity index (χ1v) is 32.0. The highest BCUT2D eigenvalue weighted by Crippen LogP contribution is 2.41. The summed E-state index contributed by atoms with van der Waals surface area (Å²) in [5, 5.41) is 29.2. The van der Waals surface area contributed by atoms with Crippen LogP contribution in [0.25, 0.3) is 43.4 Å². The predicted molar refractivity (Wildman–Crippen MR) is 339 cm³/mol. The van der Waals surface area contributed by atoms with Gasteiger partial charge in [0, 0.05) is 120 Å². The first kappa shape index (κ1) is 62.3. The Morgan fingerprint density at radius 2 is 1.66 bits per heavy atom. The van der Waals surface area contributed by atoms with Crippen LogP contribution in [0.15, 0.2) is 72.6 Å². The van der Waals surface area contributed by atoms with E-state index in [4.69, 9.17) is 16.1 Å². The monoisotopic (exact) mass is 1250 g/mol. The standard InChI is InChI=1S/C67H76F3N13O6S/c1-7-48-52(68)16-12-43-28-46(84)29-49(57(43)48)59-58(69)60-50(31-73-59)62(82-34-44-13-14-45(35-82)76-44)78-65(77-60)89-27-26-79-20-18-67(70,19-21-79)37-80-22-24-81(25-23-80)56-33-71-53(32-72-56)55(86)17-15-51(66(4,5)6)64(88)83-36-47(85)30-54(83)63(87)75-39(2)41-8-10-42(11-9-41)61-40(3)74-38-90-61/h1,8-12,16,28-29,31-33,38-39,44-45,47,51,54,76,84-85H,13-15,17-27,30,34-37H2,2-6H3,(H,75,87)/t39-,44?,45?,47+,51+,54-/m0/s1. The molecule has 5 saturated heterocycles. The predicted octanol–water partition coefficient (Wildman–Crippen LogP) is 8.44. The number of fused-ring (bicyclic) bond motifs is 4. The second kappa shape index (κ2) is 25.8. The zero-order valence-electron chi connectivity index (χ0n) is 51.4. The highest BCUT2D eigenvalue weighted by atomic mass is 32.1. The van der Waals surface area contributed by atoms with Crippen molar-refractivity contribution in [2.45, 2.75) is 116 Å². The smallest absolute Gasteiger partial charge is 0.319 e. The summed E-state index contributed by atoms with van der Waals surface area (Å²) in [6, 6.07) is 12.6. The van der Waals surface area contributed by atoms with Gasteiger partial charge in [-0.2, -0.15) is 9.97 Å². The van der Waals surface area contributed by atoms with Gasteiger partial charge in [-0.1, -0.05) is 57.0 Å². The molecule has 2 unspecified atom stereocenters. The molecule has 6 atom stereocenters. The number of aromatic nitrogens is 6. The van der Waals surface area contributed by atoms with E-state index in [0.29, 0.717) is 101 Å². The number of anilines is 2. The Hall–Kier alpha value is -7.88. The zero-order valence-corrected chi connectivity index (χ0v) is 52.2. The van der Waals surface area contributed by atoms with Gasteiger partial charge in [-0.15, -0.1) is 17.8 Å². The number of halogens is 3. The van der Waals surface area contributed by atoms with E-state index in [9.17, 15) is 24.6 Å². The summed E-state index contributed by atoms with van der Waals surface area (Å²) < 4.78 is 55.0. The van der Waals surface area contributed by atoms with Crippen molar-refractivity contribution in [1.82, 2.24) is 55.2 Å². The van der Waals surface area contributed by atoms with Gasteiger partial charge in [0.25, 0.3) is 0 Å². The number of likely N-dealkylation sites (tertiary alicyclic amines) is 2. The summed E-state index contributed by atoms with van der Waals surface area (Å²) in [4.78, 5) is 80.4. The summed E-state index contributed by atoms with van der Waals surface area (Å²) in [7, 11) is 0. The van der Waals surface area contributed by atoms with Gasteiger partial charge in [-0.3, -0.25) is 29.2 Å². The van der Waals surface area contributed by atoms with Gasteiger partial charge in [-0.05, 0) is 86.1 Å². The first-order valence-electron chi connectivity index (χ1n) is 31.1. The summed E-state index contributed by atoms with van der Waals surface area (Å²) in [5.41, 5.74) is 2.78. The van der Waals surface area contributed by atoms with Crippen molar-refractivity contribution in [3.8, 4) is 45.8 Å². The van der Waals surface area contributed by atoms with Crippen molar-refractivity contribution in [1.29, 1.82) is 0 Å². The van der Waals surface area contributed by atoms with Crippen molar-refractivity contribution in [3.05, 3.63) is 107 Å². The van der Waals surface area contributed by atoms with Crippen molar-refractivity contribution in [2.75, 3.05) is 88.4 Å². The number of hydrogen-bond acceptors (Lipinski definition) is 18. The number of carbonyl (C=O) groups is 3. The lowest BCUT2D eigenvalue weighted by atomic mass is 9.76. The fourth-order valence-electron chi connectivity index (χ4n) is 13.7. The Balaban J connectivity index is 0.616. The molecule has 0 radical (unpaired) electrons. The third-order valence-corrected chi connectivity index (χ3v) is 19.8. The van der Waals surface area contributed by atoms with Gasteiger partial charge >= 0.3 is 6.01 Å². The molecule has 4 aromatic heterocycles. The average Bonchev–Trinajstić information content (AvgIpc) is 1.07. The van der Waals surface area contributed by atoms with Gasteiger partial charge in [0.1, 0.15) is 58.4 Å². The van der Waals surface area contributed by atoms with E-state index in [2.05, 4.69) is 61.1 Å². The fourth-order valence-corrected chi connectivity index (χ4v) is 14.5. The number of terminal acetylenes is 1. The molecule has 2 amide bonds. The molecule has 5 aliphatic heterocycles. The number of alkyl halides is 1. The molecule has 7 aromatic rings. The molecule has 23 heteroatoms. The molecule has 5 aliphatic rings. The molecule has 3 aromatic carbocycles. The number of Topliss-reactive ketones (excluding diaryl/α,β-unsaturated/α-hetero) is 1. The molecule has 19 nitrogen and oxygen atoms in total. The van der Waals surface area contributed by atoms with Crippen molar-refractivity contribution in [2.24, 2.45) is 11.3 Å². The molecule has 0 saturated carbocycles. The Bertz CT molecular complexity index is 3850. The molecule has 0 aliphatic carbocycles. The van der Waals surface area contributed by atoms with E-state index in [1.807, 2.05) is 64.4 Å². The lowest BCUT2D eigenvalue weighted by Gasteiger charge is -2.42. The van der Waals surface area contributed by atoms with Crippen molar-refractivity contribution in [3.63, 3.8) is 0 Å². The number of aliphatic hydroxyl groups excluding tert-OH is 1. The van der Waals surface area contributed by atoms with Crippen LogP contribution in [0, 0.1) is 42.2 Å². The summed E-state index contributed by atoms with van der Waals surface area (Å²) in [5.74, 6) is 0.347. The van der Waals surface area contributed by atoms with Crippen LogP contribution in [-0.4, -0.2) is 181 Å². The first-order chi connectivity index (χ1) is 43.2. The maximum atomic E-state index is 17.1. The Labute approximate surface area is 525 Å². The second-order valence-corrected chi connectivity index (χ2v) is 26.8. The molecule has 0 spiro atoms. The minimum atomic E-state index is -1.39. The maximum absolute atomic E-state index is 17.1. The molecular weight excluding hydrogens is 1170 g/mol. The van der Waals surface area contributed by atoms with Crippen LogP contribution in [0.2, 0.25) is 0 Å². The highest BCUT2D eigenvalue weighted by molar-refractivity contribution is 7.13. The quantitative estimate of drug-likeness (QED) is 0.0468. The molecule has 2 bridgehead atoms. The Kier molecular flexibility index (Phi) is 17.9. The number of pyridine rings is 1. The average molecular weight is 1250 g/mol. The fraction of sp³-hybridized carbons (Fsp3) is 0.478. The van der Waals surface area contributed by atoms with Crippen LogP contribution < -0.4 is 25.2 Å². The van der Waals surface area contributed by atoms with Crippen molar-refractivity contribution >= 4 is 62.2 Å². The number of aromatic hydroxyl groups is 1. The minimum Gasteiger partial charge on any atom is -0.508 e. The lowest BCUT2D eigenvalue weighted by molar-refractivity contribution is -0.145. The number of phenolic OH excluding ortho intramolecular Hbond substituents is 1.